The van der Waals surface area contributed by atoms with Crippen molar-refractivity contribution in [2.24, 2.45) is 0 Å². The number of aromatic nitrogens is 3. The lowest BCUT2D eigenvalue weighted by Crippen LogP contribution is -2.38. The maximum absolute atomic E-state index is 4.70. The number of anilines is 4. The lowest BCUT2D eigenvalue weighted by Gasteiger charge is -2.32. The number of pyridine rings is 1. The van der Waals surface area contributed by atoms with Crippen molar-refractivity contribution in [2.75, 3.05) is 9.80 Å². The van der Waals surface area contributed by atoms with Crippen molar-refractivity contribution in [1.82, 2.24) is 15.0 Å². The minimum atomic E-state index is 0.132. The fourth-order valence-corrected chi connectivity index (χ4v) is 3.73. The van der Waals surface area contributed by atoms with E-state index in [9.17, 15) is 0 Å². The highest BCUT2D eigenvalue weighted by molar-refractivity contribution is 5.84. The normalized spacial score (nSPS) is 15.1. The molecule has 0 saturated carbocycles. The van der Waals surface area contributed by atoms with Gasteiger partial charge in [0.15, 0.2) is 11.6 Å². The Morgan fingerprint density at radius 1 is 0.821 bits per heavy atom. The van der Waals surface area contributed by atoms with Crippen molar-refractivity contribution in [3.05, 3.63) is 66.7 Å². The number of para-hydroxylation sites is 1. The zero-order valence-electron chi connectivity index (χ0n) is 17.2. The maximum atomic E-state index is 4.70. The van der Waals surface area contributed by atoms with Crippen LogP contribution in [0.2, 0.25) is 0 Å². The fourth-order valence-electron chi connectivity index (χ4n) is 3.73. The number of aryl methyl sites for hydroxylation is 1. The van der Waals surface area contributed by atoms with Gasteiger partial charge in [-0.25, -0.2) is 9.97 Å². The largest absolute Gasteiger partial charge is 0.302 e. The van der Waals surface area contributed by atoms with Crippen LogP contribution >= 0.6 is 0 Å². The Balaban J connectivity index is 0.00000109. The van der Waals surface area contributed by atoms with Gasteiger partial charge in [-0.3, -0.25) is 4.98 Å². The summed E-state index contributed by atoms with van der Waals surface area (Å²) >= 11 is 0. The van der Waals surface area contributed by atoms with Crippen LogP contribution in [-0.2, 0) is 6.42 Å². The Labute approximate surface area is 168 Å². The van der Waals surface area contributed by atoms with Gasteiger partial charge in [-0.15, -0.1) is 0 Å². The molecule has 0 saturated heterocycles. The molecule has 4 rings (SSSR count). The van der Waals surface area contributed by atoms with Gasteiger partial charge in [0, 0.05) is 36.2 Å². The Kier molecular flexibility index (Phi) is 6.58. The highest BCUT2D eigenvalue weighted by Crippen LogP contribution is 2.46. The SMILES string of the molecule is CC.CCCc1ccccc1N1c2nccnc2N(c2ccncc2)C1CC. The van der Waals surface area contributed by atoms with Crippen LogP contribution in [0.5, 0.6) is 0 Å². The van der Waals surface area contributed by atoms with Crippen molar-refractivity contribution in [3.8, 4) is 0 Å². The molecule has 3 heterocycles. The number of hydrogen-bond donors (Lipinski definition) is 0. The number of hydrogen-bond acceptors (Lipinski definition) is 5. The van der Waals surface area contributed by atoms with E-state index in [0.717, 1.165) is 36.6 Å². The first-order chi connectivity index (χ1) is 13.8. The third kappa shape index (κ3) is 3.57. The summed E-state index contributed by atoms with van der Waals surface area (Å²) in [6.07, 6.45) is 10.4. The summed E-state index contributed by atoms with van der Waals surface area (Å²) < 4.78 is 0. The molecule has 1 aliphatic heterocycles. The zero-order chi connectivity index (χ0) is 19.9. The van der Waals surface area contributed by atoms with E-state index in [1.165, 1.54) is 11.3 Å². The van der Waals surface area contributed by atoms with Gasteiger partial charge in [0.25, 0.3) is 0 Å². The predicted octanol–water partition coefficient (Wildman–Crippen LogP) is 5.88. The summed E-state index contributed by atoms with van der Waals surface area (Å²) in [6.45, 7) is 8.43. The number of nitrogens with zero attached hydrogens (tertiary/aromatic N) is 5. The summed E-state index contributed by atoms with van der Waals surface area (Å²) in [5.74, 6) is 1.82. The van der Waals surface area contributed by atoms with Crippen molar-refractivity contribution in [2.45, 2.75) is 53.1 Å². The molecule has 0 spiro atoms. The van der Waals surface area contributed by atoms with E-state index in [0.29, 0.717) is 0 Å². The van der Waals surface area contributed by atoms with Gasteiger partial charge in [0.2, 0.25) is 0 Å². The molecule has 0 amide bonds. The van der Waals surface area contributed by atoms with Crippen LogP contribution in [-0.4, -0.2) is 21.1 Å². The van der Waals surface area contributed by atoms with Gasteiger partial charge in [0.1, 0.15) is 6.17 Å². The van der Waals surface area contributed by atoms with Crippen LogP contribution in [0.1, 0.15) is 46.1 Å². The van der Waals surface area contributed by atoms with Crippen molar-refractivity contribution >= 4 is 23.0 Å². The smallest absolute Gasteiger partial charge is 0.178 e. The maximum Gasteiger partial charge on any atom is 0.178 e. The first-order valence-corrected chi connectivity index (χ1v) is 10.2. The second-order valence-corrected chi connectivity index (χ2v) is 6.42. The average Bonchev–Trinajstić information content (AvgIpc) is 3.10. The molecule has 28 heavy (non-hydrogen) atoms. The van der Waals surface area contributed by atoms with Gasteiger partial charge >= 0.3 is 0 Å². The molecular formula is C23H29N5. The quantitative estimate of drug-likeness (QED) is 0.557. The van der Waals surface area contributed by atoms with Crippen LogP contribution in [0.15, 0.2) is 61.2 Å². The third-order valence-corrected chi connectivity index (χ3v) is 4.79. The predicted molar refractivity (Wildman–Crippen MR) is 116 cm³/mol. The molecule has 1 unspecified atom stereocenters. The number of fused-ring (bicyclic) bond motifs is 1. The summed E-state index contributed by atoms with van der Waals surface area (Å²) in [5.41, 5.74) is 3.66. The Hall–Kier alpha value is -2.95. The first-order valence-electron chi connectivity index (χ1n) is 10.2. The van der Waals surface area contributed by atoms with E-state index in [-0.39, 0.29) is 6.17 Å². The van der Waals surface area contributed by atoms with E-state index in [1.807, 2.05) is 38.4 Å². The standard InChI is InChI=1S/C21H23N5.C2H6/c1-3-7-16-8-5-6-9-18(16)26-19(4-2)25(17-10-12-22-13-11-17)20-21(26)24-15-14-23-20;1-2/h5-6,8-15,19H,3-4,7H2,1-2H3;1-2H3. The minimum Gasteiger partial charge on any atom is -0.302 e. The van der Waals surface area contributed by atoms with E-state index in [4.69, 9.17) is 4.98 Å². The first kappa shape index (κ1) is 19.8. The van der Waals surface area contributed by atoms with Crippen molar-refractivity contribution < 1.29 is 0 Å². The highest BCUT2D eigenvalue weighted by Gasteiger charge is 2.39. The van der Waals surface area contributed by atoms with Crippen LogP contribution in [0.3, 0.4) is 0 Å². The molecule has 0 radical (unpaired) electrons. The van der Waals surface area contributed by atoms with Crippen LogP contribution in [0, 0.1) is 0 Å². The van der Waals surface area contributed by atoms with Gasteiger partial charge in [-0.05, 0) is 36.6 Å². The molecule has 5 heteroatoms. The van der Waals surface area contributed by atoms with E-state index >= 15 is 0 Å². The molecule has 0 fully saturated rings. The Morgan fingerprint density at radius 3 is 2.11 bits per heavy atom. The third-order valence-electron chi connectivity index (χ3n) is 4.79. The van der Waals surface area contributed by atoms with Crippen molar-refractivity contribution in [1.29, 1.82) is 0 Å². The highest BCUT2D eigenvalue weighted by atomic mass is 15.5. The van der Waals surface area contributed by atoms with E-state index in [1.54, 1.807) is 12.4 Å². The summed E-state index contributed by atoms with van der Waals surface area (Å²) in [4.78, 5) is 18.1. The molecule has 3 aromatic rings. The van der Waals surface area contributed by atoms with Crippen LogP contribution in [0.4, 0.5) is 23.0 Å². The molecule has 5 nitrogen and oxygen atoms in total. The Bertz CT molecular complexity index is 881. The molecule has 1 aromatic carbocycles. The molecule has 0 N–H and O–H groups in total. The lowest BCUT2D eigenvalue weighted by molar-refractivity contribution is 0.659. The summed E-state index contributed by atoms with van der Waals surface area (Å²) in [5, 5.41) is 0. The lowest BCUT2D eigenvalue weighted by atomic mass is 10.1. The van der Waals surface area contributed by atoms with E-state index < -0.39 is 0 Å². The fraction of sp³-hybridized carbons (Fsp3) is 0.348. The molecule has 0 aliphatic carbocycles. The van der Waals surface area contributed by atoms with Gasteiger partial charge in [0.05, 0.1) is 0 Å². The van der Waals surface area contributed by atoms with Crippen LogP contribution < -0.4 is 9.80 Å². The molecule has 0 bridgehead atoms. The number of rotatable bonds is 5. The second kappa shape index (κ2) is 9.31. The molecular weight excluding hydrogens is 346 g/mol. The molecule has 146 valence electrons. The average molecular weight is 376 g/mol. The summed E-state index contributed by atoms with van der Waals surface area (Å²) in [7, 11) is 0. The molecule has 1 atom stereocenters. The zero-order valence-corrected chi connectivity index (χ0v) is 17.2. The number of benzene rings is 1. The Morgan fingerprint density at radius 2 is 1.46 bits per heavy atom. The monoisotopic (exact) mass is 375 g/mol. The van der Waals surface area contributed by atoms with Gasteiger partial charge < -0.3 is 9.80 Å². The molecule has 1 aliphatic rings. The van der Waals surface area contributed by atoms with Crippen LogP contribution in [0.25, 0.3) is 0 Å². The van der Waals surface area contributed by atoms with E-state index in [2.05, 4.69) is 57.9 Å². The van der Waals surface area contributed by atoms with Gasteiger partial charge in [-0.1, -0.05) is 52.3 Å². The van der Waals surface area contributed by atoms with Gasteiger partial charge in [-0.2, -0.15) is 0 Å². The topological polar surface area (TPSA) is 45.2 Å². The van der Waals surface area contributed by atoms with Crippen molar-refractivity contribution in [3.63, 3.8) is 0 Å². The molecule has 2 aromatic heterocycles. The minimum absolute atomic E-state index is 0.132. The second-order valence-electron chi connectivity index (χ2n) is 6.42. The summed E-state index contributed by atoms with van der Waals surface area (Å²) in [6, 6.07) is 12.7.